The van der Waals surface area contributed by atoms with Crippen molar-refractivity contribution < 1.29 is 19.4 Å². The highest BCUT2D eigenvalue weighted by Crippen LogP contribution is 2.15. The second-order valence-electron chi connectivity index (χ2n) is 4.91. The second-order valence-corrected chi connectivity index (χ2v) is 4.91. The number of aromatic nitrogens is 1. The van der Waals surface area contributed by atoms with Crippen molar-refractivity contribution in [2.24, 2.45) is 0 Å². The molecule has 0 unspecified atom stereocenters. The Hall–Kier alpha value is -2.15. The molecule has 21 heavy (non-hydrogen) atoms. The lowest BCUT2D eigenvalue weighted by molar-refractivity contribution is -0.135. The lowest BCUT2D eigenvalue weighted by atomic mass is 10.2. The van der Waals surface area contributed by atoms with E-state index in [1.807, 2.05) is 19.0 Å². The van der Waals surface area contributed by atoms with Gasteiger partial charge in [-0.3, -0.25) is 4.79 Å². The zero-order valence-electron chi connectivity index (χ0n) is 12.8. The van der Waals surface area contributed by atoms with Crippen molar-refractivity contribution in [3.8, 4) is 0 Å². The average Bonchev–Trinajstić information content (AvgIpc) is 2.42. The summed E-state index contributed by atoms with van der Waals surface area (Å²) in [6.07, 6.45) is 0. The Balaban J connectivity index is 2.99. The van der Waals surface area contributed by atoms with Crippen LogP contribution in [0.15, 0.2) is 12.1 Å². The van der Waals surface area contributed by atoms with Crippen molar-refractivity contribution in [3.05, 3.63) is 23.4 Å². The maximum Gasteiger partial charge on any atom is 0.339 e. The molecule has 1 rings (SSSR count). The summed E-state index contributed by atoms with van der Waals surface area (Å²) in [5.74, 6) is -0.848. The number of carboxylic acids is 1. The van der Waals surface area contributed by atoms with Crippen molar-refractivity contribution in [2.45, 2.75) is 6.92 Å². The van der Waals surface area contributed by atoms with E-state index in [4.69, 9.17) is 5.11 Å². The van der Waals surface area contributed by atoms with E-state index in [0.717, 1.165) is 0 Å². The Morgan fingerprint density at radius 1 is 1.29 bits per heavy atom. The van der Waals surface area contributed by atoms with Gasteiger partial charge in [0, 0.05) is 13.1 Å². The third-order valence-corrected chi connectivity index (χ3v) is 2.94. The smallest absolute Gasteiger partial charge is 0.339 e. The first kappa shape index (κ1) is 16.9. The largest absolute Gasteiger partial charge is 0.480 e. The predicted octanol–water partition coefficient (Wildman–Crippen LogP) is 0.629. The average molecular weight is 295 g/mol. The molecule has 0 fully saturated rings. The van der Waals surface area contributed by atoms with Crippen molar-refractivity contribution in [3.63, 3.8) is 0 Å². The second kappa shape index (κ2) is 7.58. The monoisotopic (exact) mass is 295 g/mol. The van der Waals surface area contributed by atoms with Gasteiger partial charge in [0.2, 0.25) is 0 Å². The van der Waals surface area contributed by atoms with Gasteiger partial charge in [-0.2, -0.15) is 0 Å². The fraction of sp³-hybridized carbons (Fsp3) is 0.500. The fourth-order valence-electron chi connectivity index (χ4n) is 1.81. The number of esters is 1. The third-order valence-electron chi connectivity index (χ3n) is 2.94. The zero-order chi connectivity index (χ0) is 16.0. The van der Waals surface area contributed by atoms with Crippen LogP contribution in [-0.4, -0.2) is 67.8 Å². The molecule has 1 heterocycles. The van der Waals surface area contributed by atoms with E-state index >= 15 is 0 Å². The van der Waals surface area contributed by atoms with Crippen LogP contribution >= 0.6 is 0 Å². The Morgan fingerprint density at radius 3 is 2.43 bits per heavy atom. The van der Waals surface area contributed by atoms with Crippen molar-refractivity contribution >= 4 is 17.8 Å². The highest BCUT2D eigenvalue weighted by Gasteiger charge is 2.16. The van der Waals surface area contributed by atoms with Crippen LogP contribution in [0.25, 0.3) is 0 Å². The minimum Gasteiger partial charge on any atom is -0.480 e. The van der Waals surface area contributed by atoms with E-state index in [-0.39, 0.29) is 6.54 Å². The van der Waals surface area contributed by atoms with Crippen LogP contribution in [0.2, 0.25) is 0 Å². The maximum absolute atomic E-state index is 11.5. The third kappa shape index (κ3) is 5.03. The number of hydrogen-bond acceptors (Lipinski definition) is 6. The molecule has 7 heteroatoms. The van der Waals surface area contributed by atoms with Gasteiger partial charge in [-0.1, -0.05) is 0 Å². The molecule has 116 valence electrons. The zero-order valence-corrected chi connectivity index (χ0v) is 12.8. The van der Waals surface area contributed by atoms with Crippen molar-refractivity contribution in [1.82, 2.24) is 9.88 Å². The molecule has 1 aromatic rings. The molecule has 0 atom stereocenters. The van der Waals surface area contributed by atoms with Crippen LogP contribution in [0.4, 0.5) is 5.82 Å². The SMILES string of the molecule is COC(=O)c1ccc(N(CCN(C)C)CC(=O)O)nc1C. The molecule has 0 spiro atoms. The highest BCUT2D eigenvalue weighted by molar-refractivity contribution is 5.90. The normalized spacial score (nSPS) is 10.5. The fourth-order valence-corrected chi connectivity index (χ4v) is 1.81. The molecule has 0 saturated carbocycles. The molecule has 1 aromatic heterocycles. The number of carbonyl (C=O) groups excluding carboxylic acids is 1. The van der Waals surface area contributed by atoms with Gasteiger partial charge in [-0.05, 0) is 33.2 Å². The van der Waals surface area contributed by atoms with Crippen LogP contribution in [0.3, 0.4) is 0 Å². The highest BCUT2D eigenvalue weighted by atomic mass is 16.5. The molecule has 0 amide bonds. The summed E-state index contributed by atoms with van der Waals surface area (Å²) in [5.41, 5.74) is 0.892. The minimum absolute atomic E-state index is 0.141. The standard InChI is InChI=1S/C14H21N3O4/c1-10-11(14(20)21-4)5-6-12(15-10)17(9-13(18)19)8-7-16(2)3/h5-6H,7-9H2,1-4H3,(H,18,19). The summed E-state index contributed by atoms with van der Waals surface area (Å²) in [6.45, 7) is 2.79. The van der Waals surface area contributed by atoms with Crippen molar-refractivity contribution in [2.75, 3.05) is 45.7 Å². The molecule has 0 radical (unpaired) electrons. The molecule has 0 aliphatic carbocycles. The first-order chi connectivity index (χ1) is 9.85. The summed E-state index contributed by atoms with van der Waals surface area (Å²) in [5, 5.41) is 9.00. The summed E-state index contributed by atoms with van der Waals surface area (Å²) >= 11 is 0. The van der Waals surface area contributed by atoms with Crippen LogP contribution in [0, 0.1) is 6.92 Å². The molecule has 7 nitrogen and oxygen atoms in total. The number of rotatable bonds is 7. The van der Waals surface area contributed by atoms with Crippen LogP contribution < -0.4 is 4.90 Å². The van der Waals surface area contributed by atoms with E-state index in [1.54, 1.807) is 24.0 Å². The van der Waals surface area contributed by atoms with Crippen LogP contribution in [0.5, 0.6) is 0 Å². The molecule has 0 bridgehead atoms. The van der Waals surface area contributed by atoms with E-state index < -0.39 is 11.9 Å². The number of anilines is 1. The first-order valence-corrected chi connectivity index (χ1v) is 6.52. The molecule has 0 saturated heterocycles. The van der Waals surface area contributed by atoms with Gasteiger partial charge in [-0.15, -0.1) is 0 Å². The number of hydrogen-bond donors (Lipinski definition) is 1. The molecule has 0 aliphatic rings. The molecular formula is C14H21N3O4. The van der Waals surface area contributed by atoms with Gasteiger partial charge < -0.3 is 19.6 Å². The molecule has 0 aromatic carbocycles. The quantitative estimate of drug-likeness (QED) is 0.739. The Kier molecular flexibility index (Phi) is 6.10. The first-order valence-electron chi connectivity index (χ1n) is 6.52. The maximum atomic E-state index is 11.5. The Bertz CT molecular complexity index is 517. The number of ether oxygens (including phenoxy) is 1. The van der Waals surface area contributed by atoms with Crippen LogP contribution in [-0.2, 0) is 9.53 Å². The molecule has 0 aliphatic heterocycles. The molecular weight excluding hydrogens is 274 g/mol. The number of nitrogens with zero attached hydrogens (tertiary/aromatic N) is 3. The van der Waals surface area contributed by atoms with E-state index in [2.05, 4.69) is 9.72 Å². The summed E-state index contributed by atoms with van der Waals surface area (Å²) in [7, 11) is 5.14. The van der Waals surface area contributed by atoms with Gasteiger partial charge in [0.05, 0.1) is 18.4 Å². The number of carbonyl (C=O) groups is 2. The number of pyridine rings is 1. The number of carboxylic acid groups (broad SMARTS) is 1. The lowest BCUT2D eigenvalue weighted by Crippen LogP contribution is -2.36. The van der Waals surface area contributed by atoms with E-state index in [1.165, 1.54) is 7.11 Å². The lowest BCUT2D eigenvalue weighted by Gasteiger charge is -2.24. The van der Waals surface area contributed by atoms with Gasteiger partial charge in [-0.25, -0.2) is 9.78 Å². The van der Waals surface area contributed by atoms with Crippen LogP contribution in [0.1, 0.15) is 16.1 Å². The van der Waals surface area contributed by atoms with E-state index in [9.17, 15) is 9.59 Å². The Labute approximate surface area is 124 Å². The van der Waals surface area contributed by atoms with Gasteiger partial charge in [0.1, 0.15) is 12.4 Å². The number of methoxy groups -OCH3 is 1. The summed E-state index contributed by atoms with van der Waals surface area (Å²) < 4.78 is 4.67. The van der Waals surface area contributed by atoms with Gasteiger partial charge in [0.15, 0.2) is 0 Å². The minimum atomic E-state index is -0.926. The summed E-state index contributed by atoms with van der Waals surface area (Å²) in [6, 6.07) is 3.24. The predicted molar refractivity (Wildman–Crippen MR) is 78.7 cm³/mol. The molecule has 1 N–H and O–H groups in total. The number of aliphatic carboxylic acids is 1. The number of aryl methyl sites for hydroxylation is 1. The topological polar surface area (TPSA) is 83.0 Å². The van der Waals surface area contributed by atoms with Gasteiger partial charge in [0.25, 0.3) is 0 Å². The number of likely N-dealkylation sites (N-methyl/N-ethyl adjacent to an activating group) is 1. The van der Waals surface area contributed by atoms with E-state index in [0.29, 0.717) is 30.2 Å². The Morgan fingerprint density at radius 2 is 1.95 bits per heavy atom. The summed E-state index contributed by atoms with van der Waals surface area (Å²) in [4.78, 5) is 30.5. The van der Waals surface area contributed by atoms with Crippen molar-refractivity contribution in [1.29, 1.82) is 0 Å². The van der Waals surface area contributed by atoms with Gasteiger partial charge >= 0.3 is 11.9 Å².